The summed E-state index contributed by atoms with van der Waals surface area (Å²) < 4.78 is 0. The number of aryl methyl sites for hydroxylation is 1. The van der Waals surface area contributed by atoms with Crippen LogP contribution in [0.15, 0.2) is 48.5 Å². The van der Waals surface area contributed by atoms with E-state index >= 15 is 0 Å². The summed E-state index contributed by atoms with van der Waals surface area (Å²) in [5, 5.41) is 12.8. The van der Waals surface area contributed by atoms with Crippen LogP contribution in [0, 0.1) is 0 Å². The molecule has 2 aromatic carbocycles. The number of nitrogens with zero attached hydrogens (tertiary/aromatic N) is 1. The third-order valence-electron chi connectivity index (χ3n) is 3.99. The zero-order chi connectivity index (χ0) is 16.4. The maximum atomic E-state index is 12.7. The third kappa shape index (κ3) is 2.77. The van der Waals surface area contributed by atoms with Crippen LogP contribution in [0.5, 0.6) is 5.75 Å². The van der Waals surface area contributed by atoms with Crippen molar-refractivity contribution >= 4 is 23.2 Å². The Morgan fingerprint density at radius 1 is 1.13 bits per heavy atom. The highest BCUT2D eigenvalue weighted by molar-refractivity contribution is 6.23. The zero-order valence-corrected chi connectivity index (χ0v) is 12.8. The molecule has 1 atom stereocenters. The number of carbonyl (C=O) groups excluding carboxylic acids is 2. The molecule has 5 nitrogen and oxygen atoms in total. The summed E-state index contributed by atoms with van der Waals surface area (Å²) in [5.74, 6) is -0.469. The average Bonchev–Trinajstić information content (AvgIpc) is 2.83. The van der Waals surface area contributed by atoms with Gasteiger partial charge in [0.1, 0.15) is 11.8 Å². The Balaban J connectivity index is 1.87. The predicted molar refractivity (Wildman–Crippen MR) is 88.4 cm³/mol. The molecule has 118 valence electrons. The lowest BCUT2D eigenvalue weighted by molar-refractivity contribution is -0.121. The van der Waals surface area contributed by atoms with Gasteiger partial charge in [-0.1, -0.05) is 37.3 Å². The number of hydrogen-bond donors (Lipinski definition) is 2. The minimum absolute atomic E-state index is 0.0557. The number of phenolic OH excluding ortho intramolecular Hbond substituents is 1. The van der Waals surface area contributed by atoms with Crippen molar-refractivity contribution in [1.82, 2.24) is 0 Å². The van der Waals surface area contributed by atoms with Crippen LogP contribution >= 0.6 is 0 Å². The minimum atomic E-state index is -0.666. The van der Waals surface area contributed by atoms with Crippen molar-refractivity contribution in [2.75, 3.05) is 10.2 Å². The fourth-order valence-corrected chi connectivity index (χ4v) is 2.81. The molecule has 0 aromatic heterocycles. The molecule has 0 spiro atoms. The van der Waals surface area contributed by atoms with E-state index in [1.54, 1.807) is 24.3 Å². The number of rotatable bonds is 4. The molecule has 0 bridgehead atoms. The van der Waals surface area contributed by atoms with E-state index in [9.17, 15) is 14.7 Å². The summed E-state index contributed by atoms with van der Waals surface area (Å²) >= 11 is 0. The molecule has 0 radical (unpaired) electrons. The summed E-state index contributed by atoms with van der Waals surface area (Å²) in [5.41, 5.74) is 2.05. The molecule has 3 rings (SSSR count). The van der Waals surface area contributed by atoms with Crippen molar-refractivity contribution in [3.05, 3.63) is 54.1 Å². The van der Waals surface area contributed by atoms with Gasteiger partial charge in [-0.3, -0.25) is 9.59 Å². The number of para-hydroxylation sites is 3. The molecule has 1 heterocycles. The second-order valence-corrected chi connectivity index (χ2v) is 5.47. The second-order valence-electron chi connectivity index (χ2n) is 5.47. The van der Waals surface area contributed by atoms with E-state index < -0.39 is 6.04 Å². The van der Waals surface area contributed by atoms with Crippen molar-refractivity contribution < 1.29 is 14.7 Å². The van der Waals surface area contributed by atoms with Crippen LogP contribution in [0.25, 0.3) is 0 Å². The molecule has 2 N–H and O–H groups in total. The summed E-state index contributed by atoms with van der Waals surface area (Å²) in [7, 11) is 0. The number of benzene rings is 2. The Morgan fingerprint density at radius 2 is 1.83 bits per heavy atom. The van der Waals surface area contributed by atoms with Gasteiger partial charge < -0.3 is 10.4 Å². The molecule has 23 heavy (non-hydrogen) atoms. The number of amides is 2. The number of anilines is 2. The van der Waals surface area contributed by atoms with E-state index in [1.165, 1.54) is 11.0 Å². The maximum Gasteiger partial charge on any atom is 0.256 e. The average molecular weight is 310 g/mol. The normalized spacial score (nSPS) is 17.6. The van der Waals surface area contributed by atoms with Gasteiger partial charge in [-0.2, -0.15) is 0 Å². The van der Waals surface area contributed by atoms with Gasteiger partial charge in [-0.05, 0) is 30.2 Å². The molecule has 2 aromatic rings. The van der Waals surface area contributed by atoms with E-state index in [4.69, 9.17) is 0 Å². The van der Waals surface area contributed by atoms with Gasteiger partial charge in [0.05, 0.1) is 17.8 Å². The molecular formula is C18H18N2O3. The Labute approximate surface area is 134 Å². The number of imide groups is 1. The highest BCUT2D eigenvalue weighted by Crippen LogP contribution is 2.30. The van der Waals surface area contributed by atoms with Crippen molar-refractivity contribution in [2.24, 2.45) is 0 Å². The molecular weight excluding hydrogens is 292 g/mol. The van der Waals surface area contributed by atoms with Gasteiger partial charge in [0.15, 0.2) is 0 Å². The maximum absolute atomic E-state index is 12.7. The van der Waals surface area contributed by atoms with Crippen molar-refractivity contribution in [2.45, 2.75) is 25.8 Å². The molecule has 0 aliphatic carbocycles. The largest absolute Gasteiger partial charge is 0.506 e. The second kappa shape index (κ2) is 6.12. The van der Waals surface area contributed by atoms with Crippen LogP contribution in [-0.4, -0.2) is 23.0 Å². The quantitative estimate of drug-likeness (QED) is 0.673. The molecule has 1 aliphatic rings. The van der Waals surface area contributed by atoms with E-state index in [-0.39, 0.29) is 24.0 Å². The zero-order valence-electron chi connectivity index (χ0n) is 12.8. The molecule has 1 aliphatic heterocycles. The number of nitrogens with one attached hydrogen (secondary N) is 1. The van der Waals surface area contributed by atoms with E-state index in [0.717, 1.165) is 12.0 Å². The smallest absolute Gasteiger partial charge is 0.256 e. The van der Waals surface area contributed by atoms with Crippen molar-refractivity contribution in [3.8, 4) is 5.75 Å². The molecule has 1 saturated heterocycles. The Morgan fingerprint density at radius 3 is 2.57 bits per heavy atom. The molecule has 5 heteroatoms. The standard InChI is InChI=1S/C18H18N2O3/c1-2-12-7-3-5-9-15(12)20-17(22)11-14(18(20)23)19-13-8-4-6-10-16(13)21/h3-10,14,19,21H,2,11H2,1H3. The molecule has 0 saturated carbocycles. The van der Waals surface area contributed by atoms with E-state index in [1.807, 2.05) is 25.1 Å². The van der Waals surface area contributed by atoms with Crippen LogP contribution < -0.4 is 10.2 Å². The Bertz CT molecular complexity index is 757. The summed E-state index contributed by atoms with van der Waals surface area (Å²) in [6.45, 7) is 1.99. The monoisotopic (exact) mass is 310 g/mol. The predicted octanol–water partition coefficient (Wildman–Crippen LogP) is 2.70. The van der Waals surface area contributed by atoms with Gasteiger partial charge in [0.25, 0.3) is 5.91 Å². The fraction of sp³-hybridized carbons (Fsp3) is 0.222. The van der Waals surface area contributed by atoms with Gasteiger partial charge in [0, 0.05) is 0 Å². The first-order valence-electron chi connectivity index (χ1n) is 7.61. The number of hydrogen-bond acceptors (Lipinski definition) is 4. The molecule has 1 unspecified atom stereocenters. The first kappa shape index (κ1) is 15.1. The van der Waals surface area contributed by atoms with Gasteiger partial charge >= 0.3 is 0 Å². The first-order valence-corrected chi connectivity index (χ1v) is 7.61. The van der Waals surface area contributed by atoms with Gasteiger partial charge in [-0.15, -0.1) is 0 Å². The lowest BCUT2D eigenvalue weighted by Gasteiger charge is -2.19. The Hall–Kier alpha value is -2.82. The lowest BCUT2D eigenvalue weighted by atomic mass is 10.1. The summed E-state index contributed by atoms with van der Waals surface area (Å²) in [4.78, 5) is 26.2. The SMILES string of the molecule is CCc1ccccc1N1C(=O)CC(Nc2ccccc2O)C1=O. The van der Waals surface area contributed by atoms with Gasteiger partial charge in [0.2, 0.25) is 5.91 Å². The van der Waals surface area contributed by atoms with Crippen LogP contribution in [0.2, 0.25) is 0 Å². The Kier molecular flexibility index (Phi) is 4.02. The fourth-order valence-electron chi connectivity index (χ4n) is 2.81. The lowest BCUT2D eigenvalue weighted by Crippen LogP contribution is -2.35. The highest BCUT2D eigenvalue weighted by Gasteiger charge is 2.40. The van der Waals surface area contributed by atoms with Crippen LogP contribution in [-0.2, 0) is 16.0 Å². The molecule has 1 fully saturated rings. The van der Waals surface area contributed by atoms with Crippen LogP contribution in [0.3, 0.4) is 0 Å². The molecule has 2 amide bonds. The first-order chi connectivity index (χ1) is 11.1. The third-order valence-corrected chi connectivity index (χ3v) is 3.99. The number of aromatic hydroxyl groups is 1. The van der Waals surface area contributed by atoms with Crippen LogP contribution in [0.1, 0.15) is 18.9 Å². The van der Waals surface area contributed by atoms with Crippen LogP contribution in [0.4, 0.5) is 11.4 Å². The topological polar surface area (TPSA) is 69.6 Å². The van der Waals surface area contributed by atoms with Crippen molar-refractivity contribution in [1.29, 1.82) is 0 Å². The number of phenols is 1. The van der Waals surface area contributed by atoms with E-state index in [0.29, 0.717) is 11.4 Å². The summed E-state index contributed by atoms with van der Waals surface area (Å²) in [6, 6.07) is 13.4. The van der Waals surface area contributed by atoms with Gasteiger partial charge in [-0.25, -0.2) is 4.90 Å². The van der Waals surface area contributed by atoms with Crippen molar-refractivity contribution in [3.63, 3.8) is 0 Å². The number of carbonyl (C=O) groups is 2. The summed E-state index contributed by atoms with van der Waals surface area (Å²) in [6.07, 6.45) is 0.815. The van der Waals surface area contributed by atoms with E-state index in [2.05, 4.69) is 5.32 Å². The highest BCUT2D eigenvalue weighted by atomic mass is 16.3. The minimum Gasteiger partial charge on any atom is -0.506 e.